The number of aromatic nitrogens is 8. The van der Waals surface area contributed by atoms with Gasteiger partial charge in [0.2, 0.25) is 15.9 Å². The van der Waals surface area contributed by atoms with Crippen LogP contribution in [0, 0.1) is 24.5 Å². The lowest BCUT2D eigenvalue weighted by Gasteiger charge is -2.24. The van der Waals surface area contributed by atoms with E-state index in [1.807, 2.05) is 0 Å². The molecule has 0 radical (unpaired) electrons. The summed E-state index contributed by atoms with van der Waals surface area (Å²) in [5, 5.41) is 9.20. The second kappa shape index (κ2) is 16.1. The summed E-state index contributed by atoms with van der Waals surface area (Å²) in [5.74, 6) is -9.64. The van der Waals surface area contributed by atoms with E-state index in [-0.39, 0.29) is 55.9 Å². The highest BCUT2D eigenvalue weighted by Crippen LogP contribution is 2.68. The predicted octanol–water partition coefficient (Wildman–Crippen LogP) is 8.04. The van der Waals surface area contributed by atoms with Gasteiger partial charge in [-0.1, -0.05) is 17.7 Å². The Morgan fingerprint density at radius 2 is 1.72 bits per heavy atom. The summed E-state index contributed by atoms with van der Waals surface area (Å²) >= 11 is 6.67. The number of nitrogens with one attached hydrogen (secondary N) is 2. The molecule has 348 valence electrons. The van der Waals surface area contributed by atoms with E-state index < -0.39 is 118 Å². The number of amides is 1. The number of nitrogens with zero attached hydrogens (tertiary/aromatic N) is 8. The van der Waals surface area contributed by atoms with Crippen LogP contribution in [-0.2, 0) is 40.3 Å². The van der Waals surface area contributed by atoms with Gasteiger partial charge in [0.1, 0.15) is 41.9 Å². The van der Waals surface area contributed by atoms with Crippen LogP contribution in [0.4, 0.5) is 40.9 Å². The highest BCUT2D eigenvalue weighted by atomic mass is 35.5. The van der Waals surface area contributed by atoms with Crippen LogP contribution < -0.4 is 15.6 Å². The first-order valence-corrected chi connectivity index (χ1v) is 22.6. The van der Waals surface area contributed by atoms with Crippen molar-refractivity contribution in [1.82, 2.24) is 44.4 Å². The van der Waals surface area contributed by atoms with Gasteiger partial charge in [-0.3, -0.25) is 28.2 Å². The number of benzene rings is 3. The van der Waals surface area contributed by atoms with Gasteiger partial charge in [-0.2, -0.15) is 19.0 Å². The SMILES string of the molecule is Cc1ccnc(-c2ccc3c(=O)n(-c4ccc(Cl)c5c(NS(=O)(=O)C6CC6)nn(CC(F)F)c45)c([C@H](Cc4cc(F)cc(F)c4)NC(=O)Cn4nc(C(F)F)c5c4C(F)(F)C4CC54)nc3c2)n1. The molecule has 2 fully saturated rings. The second-order valence-electron chi connectivity index (χ2n) is 16.7. The van der Waals surface area contributed by atoms with E-state index in [0.717, 1.165) is 21.4 Å². The number of anilines is 1. The molecule has 10 rings (SSSR count). The largest absolute Gasteiger partial charge is 0.344 e. The van der Waals surface area contributed by atoms with Crippen molar-refractivity contribution in [1.29, 1.82) is 0 Å². The van der Waals surface area contributed by atoms with Crippen LogP contribution in [0.3, 0.4) is 0 Å². The van der Waals surface area contributed by atoms with E-state index in [2.05, 4.69) is 30.2 Å². The molecule has 0 bridgehead atoms. The minimum absolute atomic E-state index is 0.0468. The van der Waals surface area contributed by atoms with Crippen molar-refractivity contribution < 1.29 is 48.3 Å². The molecule has 3 aromatic carbocycles. The maximum atomic E-state index is 15.6. The van der Waals surface area contributed by atoms with Crippen LogP contribution in [-0.4, -0.2) is 65.1 Å². The van der Waals surface area contributed by atoms with Crippen LogP contribution in [0.25, 0.3) is 38.9 Å². The summed E-state index contributed by atoms with van der Waals surface area (Å²) < 4.78 is 149. The zero-order chi connectivity index (χ0) is 47.4. The van der Waals surface area contributed by atoms with E-state index in [1.165, 1.54) is 36.5 Å². The Labute approximate surface area is 378 Å². The maximum Gasteiger partial charge on any atom is 0.293 e. The number of rotatable bonds is 14. The molecular weight excluding hydrogens is 940 g/mol. The third-order valence-electron chi connectivity index (χ3n) is 12.0. The van der Waals surface area contributed by atoms with Gasteiger partial charge in [0.15, 0.2) is 11.6 Å². The lowest BCUT2D eigenvalue weighted by Crippen LogP contribution is -2.38. The van der Waals surface area contributed by atoms with Gasteiger partial charge in [-0.25, -0.2) is 49.7 Å². The van der Waals surface area contributed by atoms with E-state index in [9.17, 15) is 39.6 Å². The summed E-state index contributed by atoms with van der Waals surface area (Å²) in [6.07, 6.45) is -4.84. The number of carbonyl (C=O) groups excluding carboxylic acids is 1. The van der Waals surface area contributed by atoms with Crippen molar-refractivity contribution in [2.45, 2.75) is 81.7 Å². The summed E-state index contributed by atoms with van der Waals surface area (Å²) in [6.45, 7) is -0.501. The number of hydrogen-bond acceptors (Lipinski definition) is 9. The second-order valence-corrected chi connectivity index (χ2v) is 19.1. The molecule has 4 aromatic heterocycles. The molecule has 24 heteroatoms. The van der Waals surface area contributed by atoms with Gasteiger partial charge >= 0.3 is 0 Å². The number of carbonyl (C=O) groups is 1. The van der Waals surface area contributed by atoms with Gasteiger partial charge in [0.05, 0.1) is 43.8 Å². The van der Waals surface area contributed by atoms with Gasteiger partial charge in [-0.15, -0.1) is 0 Å². The molecule has 1 amide bonds. The number of halogens is 9. The Hall–Kier alpha value is -6.49. The van der Waals surface area contributed by atoms with Gasteiger partial charge in [-0.05, 0) is 80.1 Å². The van der Waals surface area contributed by atoms with E-state index in [4.69, 9.17) is 16.6 Å². The van der Waals surface area contributed by atoms with Crippen LogP contribution in [0.5, 0.6) is 0 Å². The first-order valence-electron chi connectivity index (χ1n) is 20.7. The summed E-state index contributed by atoms with van der Waals surface area (Å²) in [6, 6.07) is 9.16. The Balaban J connectivity index is 1.19. The summed E-state index contributed by atoms with van der Waals surface area (Å²) in [4.78, 5) is 42.9. The maximum absolute atomic E-state index is 15.6. The van der Waals surface area contributed by atoms with Crippen molar-refractivity contribution in [2.24, 2.45) is 5.92 Å². The molecule has 3 aliphatic carbocycles. The van der Waals surface area contributed by atoms with E-state index in [1.54, 1.807) is 13.0 Å². The number of sulfonamides is 1. The summed E-state index contributed by atoms with van der Waals surface area (Å²) in [5.41, 5.74) is -2.82. The minimum Gasteiger partial charge on any atom is -0.344 e. The standard InChI is InChI=1S/C43H33ClF8N10O4S/c1-18-8-9-53-39(54-18)20-2-5-24-28(13-20)56-41(62(42(24)64)30-7-6-27(44)34-36(30)60(16-31(47)48)58-40(34)59-67(65,66)23-3-4-23)29(12-19-10-21(45)14-22(46)11-19)55-32(63)17-61-37-33(35(57-61)38(49)50)25-15-26(25)43(37,51)52/h2,5-11,13-14,23,25-26,29,31,38H,3-4,12,15-17H2,1H3,(H,55,63)(H,58,59)/t25?,26?,29-/m0/s1. The fourth-order valence-electron chi connectivity index (χ4n) is 8.90. The molecule has 2 unspecified atom stereocenters. The minimum atomic E-state index is -4.09. The van der Waals surface area contributed by atoms with Gasteiger partial charge in [0, 0.05) is 41.4 Å². The molecule has 2 saturated carbocycles. The van der Waals surface area contributed by atoms with Crippen molar-refractivity contribution in [3.05, 3.63) is 122 Å². The lowest BCUT2D eigenvalue weighted by molar-refractivity contribution is -0.123. The molecule has 4 heterocycles. The highest BCUT2D eigenvalue weighted by Gasteiger charge is 2.67. The van der Waals surface area contributed by atoms with Crippen LogP contribution in [0.2, 0.25) is 5.02 Å². The fraction of sp³-hybridized carbons (Fsp3) is 0.326. The average Bonchev–Trinajstić information content (AvgIpc) is 4.17. The molecule has 3 atom stereocenters. The zero-order valence-corrected chi connectivity index (χ0v) is 36.1. The molecule has 7 aromatic rings. The number of aryl methyl sites for hydroxylation is 1. The molecule has 2 N–H and O–H groups in total. The zero-order valence-electron chi connectivity index (χ0n) is 34.5. The quantitative estimate of drug-likeness (QED) is 0.102. The third-order valence-corrected chi connectivity index (χ3v) is 14.1. The molecule has 0 aliphatic heterocycles. The lowest BCUT2D eigenvalue weighted by atomic mass is 10.0. The van der Waals surface area contributed by atoms with Crippen molar-refractivity contribution in [3.63, 3.8) is 0 Å². The van der Waals surface area contributed by atoms with Crippen molar-refractivity contribution in [2.75, 3.05) is 4.72 Å². The molecule has 0 saturated heterocycles. The van der Waals surface area contributed by atoms with Crippen LogP contribution >= 0.6 is 11.6 Å². The third kappa shape index (κ3) is 7.93. The first-order chi connectivity index (χ1) is 31.8. The molecular formula is C43H33ClF8N10O4S. The molecule has 0 spiro atoms. The molecule has 3 aliphatic rings. The number of hydrogen-bond donors (Lipinski definition) is 2. The predicted molar refractivity (Wildman–Crippen MR) is 226 cm³/mol. The van der Waals surface area contributed by atoms with Crippen molar-refractivity contribution >= 4 is 55.2 Å². The van der Waals surface area contributed by atoms with Crippen LogP contribution in [0.1, 0.15) is 71.7 Å². The monoisotopic (exact) mass is 972 g/mol. The van der Waals surface area contributed by atoms with E-state index >= 15 is 13.6 Å². The Morgan fingerprint density at radius 3 is 2.40 bits per heavy atom. The number of alkyl halides is 6. The average molecular weight is 973 g/mol. The summed E-state index contributed by atoms with van der Waals surface area (Å²) in [7, 11) is -4.09. The highest BCUT2D eigenvalue weighted by molar-refractivity contribution is 7.93. The Kier molecular flexibility index (Phi) is 10.7. The van der Waals surface area contributed by atoms with Gasteiger partial charge in [0.25, 0.3) is 24.3 Å². The first kappa shape index (κ1) is 44.4. The van der Waals surface area contributed by atoms with Gasteiger partial charge < -0.3 is 5.32 Å². The van der Waals surface area contributed by atoms with Crippen molar-refractivity contribution in [3.8, 4) is 17.1 Å². The van der Waals surface area contributed by atoms with Crippen LogP contribution in [0.15, 0.2) is 65.6 Å². The Bertz CT molecular complexity index is 3360. The normalized spacial score (nSPS) is 17.9. The molecule has 67 heavy (non-hydrogen) atoms. The fourth-order valence-corrected chi connectivity index (χ4v) is 10.5. The number of fused-ring (bicyclic) bond motifs is 5. The smallest absolute Gasteiger partial charge is 0.293 e. The van der Waals surface area contributed by atoms with E-state index in [0.29, 0.717) is 34.8 Å². The molecule has 14 nitrogen and oxygen atoms in total. The topological polar surface area (TPSA) is 172 Å². The Morgan fingerprint density at radius 1 is 0.970 bits per heavy atom.